The maximum absolute atomic E-state index is 5.68. The van der Waals surface area contributed by atoms with E-state index in [4.69, 9.17) is 9.47 Å². The van der Waals surface area contributed by atoms with Crippen LogP contribution in [0.15, 0.2) is 30.5 Å². The van der Waals surface area contributed by atoms with Crippen molar-refractivity contribution in [3.05, 3.63) is 41.6 Å². The Morgan fingerprint density at radius 3 is 2.68 bits per heavy atom. The van der Waals surface area contributed by atoms with Crippen LogP contribution in [-0.2, 0) is 13.0 Å². The maximum atomic E-state index is 5.68. The summed E-state index contributed by atoms with van der Waals surface area (Å²) in [6.45, 7) is 5.19. The van der Waals surface area contributed by atoms with Gasteiger partial charge in [-0.05, 0) is 37.8 Å². The van der Waals surface area contributed by atoms with Crippen LogP contribution in [-0.4, -0.2) is 15.8 Å². The standard InChI is InChI=1S/C14H18N2O2S/c1-3-11-6-5-7-13(17-4-2)12(11)10-18-14-8-9-16(19)15-14/h5-9,19H,3-4,10H2,1-2H3. The quantitative estimate of drug-likeness (QED) is 0.825. The molecule has 1 aromatic carbocycles. The van der Waals surface area contributed by atoms with E-state index >= 15 is 0 Å². The zero-order valence-corrected chi connectivity index (χ0v) is 12.1. The fourth-order valence-corrected chi connectivity index (χ4v) is 2.07. The van der Waals surface area contributed by atoms with E-state index in [1.165, 1.54) is 9.65 Å². The fraction of sp³-hybridized carbons (Fsp3) is 0.357. The molecule has 0 atom stereocenters. The predicted octanol–water partition coefficient (Wildman–Crippen LogP) is 3.12. The van der Waals surface area contributed by atoms with Crippen molar-refractivity contribution in [2.24, 2.45) is 0 Å². The summed E-state index contributed by atoms with van der Waals surface area (Å²) in [7, 11) is 0. The van der Waals surface area contributed by atoms with E-state index in [0.29, 0.717) is 19.1 Å². The summed E-state index contributed by atoms with van der Waals surface area (Å²) in [5.74, 6) is 1.44. The first-order valence-electron chi connectivity index (χ1n) is 6.35. The molecule has 0 saturated carbocycles. The predicted molar refractivity (Wildman–Crippen MR) is 77.9 cm³/mol. The van der Waals surface area contributed by atoms with E-state index in [2.05, 4.69) is 30.9 Å². The molecule has 0 aliphatic rings. The van der Waals surface area contributed by atoms with Gasteiger partial charge in [0.05, 0.1) is 6.61 Å². The molecule has 0 N–H and O–H groups in total. The molecule has 5 heteroatoms. The van der Waals surface area contributed by atoms with Gasteiger partial charge in [0.1, 0.15) is 12.4 Å². The number of benzene rings is 1. The first kappa shape index (κ1) is 13.8. The van der Waals surface area contributed by atoms with E-state index in [1.807, 2.05) is 19.1 Å². The number of hydrogen-bond acceptors (Lipinski definition) is 4. The van der Waals surface area contributed by atoms with E-state index < -0.39 is 0 Å². The SMILES string of the molecule is CCOc1cccc(CC)c1COc1ccn(S)n1. The summed E-state index contributed by atoms with van der Waals surface area (Å²) in [6.07, 6.45) is 2.67. The van der Waals surface area contributed by atoms with Gasteiger partial charge >= 0.3 is 0 Å². The maximum Gasteiger partial charge on any atom is 0.234 e. The average Bonchev–Trinajstić information content (AvgIpc) is 2.83. The third-order valence-corrected chi connectivity index (χ3v) is 3.05. The Morgan fingerprint density at radius 2 is 2.05 bits per heavy atom. The molecule has 0 fully saturated rings. The molecule has 0 saturated heterocycles. The monoisotopic (exact) mass is 278 g/mol. The smallest absolute Gasteiger partial charge is 0.234 e. The lowest BCUT2D eigenvalue weighted by Gasteiger charge is -2.14. The minimum Gasteiger partial charge on any atom is -0.493 e. The first-order chi connectivity index (χ1) is 9.24. The molecule has 4 nitrogen and oxygen atoms in total. The molecule has 1 aromatic heterocycles. The molecule has 19 heavy (non-hydrogen) atoms. The minimum absolute atomic E-state index is 0.449. The van der Waals surface area contributed by atoms with E-state index in [-0.39, 0.29) is 0 Å². The molecule has 1 heterocycles. The molecule has 2 rings (SSSR count). The summed E-state index contributed by atoms with van der Waals surface area (Å²) in [5.41, 5.74) is 2.32. The zero-order chi connectivity index (χ0) is 13.7. The van der Waals surface area contributed by atoms with E-state index in [0.717, 1.165) is 17.7 Å². The molecule has 0 amide bonds. The molecule has 0 spiro atoms. The highest BCUT2D eigenvalue weighted by Gasteiger charge is 2.10. The average molecular weight is 278 g/mol. The van der Waals surface area contributed by atoms with Crippen molar-refractivity contribution in [2.75, 3.05) is 6.61 Å². The molecular formula is C14H18N2O2S. The lowest BCUT2D eigenvalue weighted by molar-refractivity contribution is 0.276. The van der Waals surface area contributed by atoms with Crippen molar-refractivity contribution in [3.8, 4) is 11.6 Å². The van der Waals surface area contributed by atoms with Gasteiger partial charge < -0.3 is 9.47 Å². The van der Waals surface area contributed by atoms with Gasteiger partial charge in [-0.1, -0.05) is 19.1 Å². The zero-order valence-electron chi connectivity index (χ0n) is 11.2. The number of ether oxygens (including phenoxy) is 2. The summed E-state index contributed by atoms with van der Waals surface area (Å²) in [6, 6.07) is 7.86. The van der Waals surface area contributed by atoms with Crippen LogP contribution in [0.25, 0.3) is 0 Å². The molecule has 0 aliphatic carbocycles. The summed E-state index contributed by atoms with van der Waals surface area (Å²) >= 11 is 4.08. The fourth-order valence-electron chi connectivity index (χ4n) is 1.92. The van der Waals surface area contributed by atoms with Crippen molar-refractivity contribution < 1.29 is 9.47 Å². The highest BCUT2D eigenvalue weighted by molar-refractivity contribution is 7.78. The molecule has 2 aromatic rings. The Labute approximate surface area is 118 Å². The van der Waals surface area contributed by atoms with Crippen LogP contribution in [0.3, 0.4) is 0 Å². The van der Waals surface area contributed by atoms with Crippen LogP contribution < -0.4 is 9.47 Å². The van der Waals surface area contributed by atoms with Gasteiger partial charge in [-0.2, -0.15) is 0 Å². The second kappa shape index (κ2) is 6.52. The highest BCUT2D eigenvalue weighted by atomic mass is 32.1. The first-order valence-corrected chi connectivity index (χ1v) is 6.75. The van der Waals surface area contributed by atoms with Gasteiger partial charge in [-0.3, -0.25) is 0 Å². The topological polar surface area (TPSA) is 36.3 Å². The Bertz CT molecular complexity index is 540. The Hall–Kier alpha value is -1.62. The number of aromatic nitrogens is 2. The van der Waals surface area contributed by atoms with Gasteiger partial charge in [-0.25, -0.2) is 4.09 Å². The second-order valence-electron chi connectivity index (χ2n) is 4.04. The van der Waals surface area contributed by atoms with Crippen LogP contribution in [0.4, 0.5) is 0 Å². The minimum atomic E-state index is 0.449. The third-order valence-electron chi connectivity index (χ3n) is 2.83. The molecule has 0 bridgehead atoms. The molecule has 102 valence electrons. The van der Waals surface area contributed by atoms with Crippen LogP contribution in [0.1, 0.15) is 25.0 Å². The number of nitrogens with zero attached hydrogens (tertiary/aromatic N) is 2. The largest absolute Gasteiger partial charge is 0.493 e. The van der Waals surface area contributed by atoms with E-state index in [9.17, 15) is 0 Å². The molecule has 0 aliphatic heterocycles. The van der Waals surface area contributed by atoms with Crippen LogP contribution in [0.2, 0.25) is 0 Å². The van der Waals surface area contributed by atoms with Gasteiger partial charge in [-0.15, -0.1) is 5.10 Å². The third kappa shape index (κ3) is 3.44. The Balaban J connectivity index is 2.17. The molecule has 0 radical (unpaired) electrons. The number of aryl methyl sites for hydroxylation is 1. The van der Waals surface area contributed by atoms with Crippen molar-refractivity contribution in [3.63, 3.8) is 0 Å². The summed E-state index contributed by atoms with van der Waals surface area (Å²) in [4.78, 5) is 0. The van der Waals surface area contributed by atoms with Crippen molar-refractivity contribution in [2.45, 2.75) is 26.9 Å². The number of hydrogen-bond donors (Lipinski definition) is 1. The van der Waals surface area contributed by atoms with Crippen LogP contribution in [0.5, 0.6) is 11.6 Å². The lowest BCUT2D eigenvalue weighted by atomic mass is 10.0. The van der Waals surface area contributed by atoms with E-state index in [1.54, 1.807) is 12.3 Å². The second-order valence-corrected chi connectivity index (χ2v) is 4.45. The van der Waals surface area contributed by atoms with Crippen LogP contribution >= 0.6 is 12.8 Å². The Kier molecular flexibility index (Phi) is 4.74. The van der Waals surface area contributed by atoms with Crippen molar-refractivity contribution in [1.82, 2.24) is 9.19 Å². The van der Waals surface area contributed by atoms with Crippen molar-refractivity contribution >= 4 is 12.8 Å². The molecule has 0 unspecified atom stereocenters. The van der Waals surface area contributed by atoms with Gasteiger partial charge in [0, 0.05) is 17.8 Å². The lowest BCUT2D eigenvalue weighted by Crippen LogP contribution is -2.04. The summed E-state index contributed by atoms with van der Waals surface area (Å²) < 4.78 is 12.8. The van der Waals surface area contributed by atoms with Gasteiger partial charge in [0.2, 0.25) is 5.88 Å². The van der Waals surface area contributed by atoms with Crippen molar-refractivity contribution in [1.29, 1.82) is 0 Å². The Morgan fingerprint density at radius 1 is 1.21 bits per heavy atom. The number of rotatable bonds is 6. The highest BCUT2D eigenvalue weighted by Crippen LogP contribution is 2.24. The number of thiol groups is 1. The normalized spacial score (nSPS) is 10.5. The van der Waals surface area contributed by atoms with Gasteiger partial charge in [0.15, 0.2) is 0 Å². The molecular weight excluding hydrogens is 260 g/mol. The van der Waals surface area contributed by atoms with Crippen LogP contribution in [0, 0.1) is 0 Å². The van der Waals surface area contributed by atoms with Gasteiger partial charge in [0.25, 0.3) is 0 Å². The summed E-state index contributed by atoms with van der Waals surface area (Å²) in [5, 5.41) is 4.07.